The number of halogens is 2. The van der Waals surface area contributed by atoms with Gasteiger partial charge in [0.2, 0.25) is 0 Å². The van der Waals surface area contributed by atoms with Gasteiger partial charge in [-0.1, -0.05) is 12.1 Å². The van der Waals surface area contributed by atoms with Crippen LogP contribution >= 0.6 is 15.9 Å². The lowest BCUT2D eigenvalue weighted by molar-refractivity contribution is 0.191. The first kappa shape index (κ1) is 14.5. The van der Waals surface area contributed by atoms with E-state index >= 15 is 0 Å². The second-order valence-electron chi connectivity index (χ2n) is 4.26. The van der Waals surface area contributed by atoms with Crippen molar-refractivity contribution in [3.8, 4) is 6.07 Å². The molecule has 0 aromatic heterocycles. The van der Waals surface area contributed by atoms with Gasteiger partial charge in [-0.15, -0.1) is 0 Å². The van der Waals surface area contributed by atoms with Crippen molar-refractivity contribution in [2.75, 3.05) is 11.9 Å². The first-order valence-electron chi connectivity index (χ1n) is 5.97. The summed E-state index contributed by atoms with van der Waals surface area (Å²) in [6.45, 7) is 0.257. The second-order valence-corrected chi connectivity index (χ2v) is 5.11. The summed E-state index contributed by atoms with van der Waals surface area (Å²) in [7, 11) is 0. The quantitative estimate of drug-likeness (QED) is 0.898. The molecule has 0 fully saturated rings. The molecule has 0 radical (unpaired) electrons. The number of aliphatic hydroxyl groups excluding tert-OH is 1. The summed E-state index contributed by atoms with van der Waals surface area (Å²) in [6.07, 6.45) is -0.727. The van der Waals surface area contributed by atoms with Crippen molar-refractivity contribution in [1.82, 2.24) is 0 Å². The van der Waals surface area contributed by atoms with Crippen LogP contribution in [0.25, 0.3) is 0 Å². The normalized spacial score (nSPS) is 11.7. The highest BCUT2D eigenvalue weighted by Gasteiger charge is 2.08. The van der Waals surface area contributed by atoms with Gasteiger partial charge in [0, 0.05) is 12.2 Å². The van der Waals surface area contributed by atoms with Crippen LogP contribution in [0.15, 0.2) is 46.9 Å². The highest BCUT2D eigenvalue weighted by Crippen LogP contribution is 2.20. The Morgan fingerprint density at radius 2 is 1.95 bits per heavy atom. The van der Waals surface area contributed by atoms with E-state index in [1.807, 2.05) is 6.07 Å². The number of nitrogens with zero attached hydrogens (tertiary/aromatic N) is 1. The van der Waals surface area contributed by atoms with Crippen LogP contribution in [0, 0.1) is 17.1 Å². The Bertz CT molecular complexity index is 637. The smallest absolute Gasteiger partial charge is 0.139 e. The van der Waals surface area contributed by atoms with Gasteiger partial charge in [-0.3, -0.25) is 0 Å². The molecule has 0 bridgehead atoms. The van der Waals surface area contributed by atoms with Gasteiger partial charge in [-0.25, -0.2) is 4.39 Å². The molecule has 0 amide bonds. The van der Waals surface area contributed by atoms with Crippen molar-refractivity contribution in [2.24, 2.45) is 0 Å². The molecule has 2 N–H and O–H groups in total. The fraction of sp³-hybridized carbons (Fsp3) is 0.133. The molecule has 5 heteroatoms. The number of nitrogens with one attached hydrogen (secondary N) is 1. The van der Waals surface area contributed by atoms with Crippen LogP contribution in [-0.2, 0) is 0 Å². The number of benzene rings is 2. The Balaban J connectivity index is 1.99. The maximum atomic E-state index is 13.3. The van der Waals surface area contributed by atoms with Gasteiger partial charge in [0.1, 0.15) is 5.82 Å². The standard InChI is InChI=1S/C15H12BrFN2O/c16-13-6-5-12(7-14(13)17)19-9-15(20)11-3-1-10(8-18)2-4-11/h1-7,15,19-20H,9H2. The molecule has 1 unspecified atom stereocenters. The molecule has 2 aromatic carbocycles. The second kappa shape index (κ2) is 6.51. The van der Waals surface area contributed by atoms with Crippen molar-refractivity contribution >= 4 is 21.6 Å². The molecule has 0 saturated carbocycles. The summed E-state index contributed by atoms with van der Waals surface area (Å²) in [5.74, 6) is -0.358. The lowest BCUT2D eigenvalue weighted by atomic mass is 10.1. The molecule has 0 aliphatic rings. The summed E-state index contributed by atoms with van der Waals surface area (Å²) in [6, 6.07) is 13.4. The van der Waals surface area contributed by atoms with Gasteiger partial charge < -0.3 is 10.4 Å². The number of nitriles is 1. The van der Waals surface area contributed by atoms with Crippen LogP contribution in [0.2, 0.25) is 0 Å². The first-order valence-corrected chi connectivity index (χ1v) is 6.76. The van der Waals surface area contributed by atoms with Crippen molar-refractivity contribution < 1.29 is 9.50 Å². The SMILES string of the molecule is N#Cc1ccc(C(O)CNc2ccc(Br)c(F)c2)cc1. The van der Waals surface area contributed by atoms with E-state index in [2.05, 4.69) is 21.2 Å². The van der Waals surface area contributed by atoms with Gasteiger partial charge in [0.25, 0.3) is 0 Å². The van der Waals surface area contributed by atoms with E-state index < -0.39 is 6.10 Å². The minimum atomic E-state index is -0.727. The van der Waals surface area contributed by atoms with Crippen molar-refractivity contribution in [3.63, 3.8) is 0 Å². The van der Waals surface area contributed by atoms with Crippen molar-refractivity contribution in [3.05, 3.63) is 63.9 Å². The molecule has 0 aliphatic heterocycles. The van der Waals surface area contributed by atoms with Gasteiger partial charge in [-0.05, 0) is 51.8 Å². The number of hydrogen-bond donors (Lipinski definition) is 2. The molecule has 2 aromatic rings. The van der Waals surface area contributed by atoms with E-state index in [4.69, 9.17) is 5.26 Å². The summed E-state index contributed by atoms with van der Waals surface area (Å²) in [5.41, 5.74) is 1.84. The Morgan fingerprint density at radius 1 is 1.25 bits per heavy atom. The molecule has 3 nitrogen and oxygen atoms in total. The number of hydrogen-bond acceptors (Lipinski definition) is 3. The molecular formula is C15H12BrFN2O. The zero-order valence-electron chi connectivity index (χ0n) is 10.5. The van der Waals surface area contributed by atoms with Gasteiger partial charge in [-0.2, -0.15) is 5.26 Å². The van der Waals surface area contributed by atoms with E-state index in [1.165, 1.54) is 6.07 Å². The maximum Gasteiger partial charge on any atom is 0.139 e. The molecule has 102 valence electrons. The maximum absolute atomic E-state index is 13.3. The Hall–Kier alpha value is -1.90. The van der Waals surface area contributed by atoms with Crippen LogP contribution in [0.1, 0.15) is 17.2 Å². The van der Waals surface area contributed by atoms with Crippen LogP contribution in [0.5, 0.6) is 0 Å². The number of rotatable bonds is 4. The van der Waals surface area contributed by atoms with Crippen LogP contribution in [-0.4, -0.2) is 11.7 Å². The van der Waals surface area contributed by atoms with E-state index in [0.717, 1.165) is 0 Å². The van der Waals surface area contributed by atoms with Gasteiger partial charge in [0.15, 0.2) is 0 Å². The molecule has 0 spiro atoms. The summed E-state index contributed by atoms with van der Waals surface area (Å²) < 4.78 is 13.7. The Morgan fingerprint density at radius 3 is 2.55 bits per heavy atom. The predicted molar refractivity (Wildman–Crippen MR) is 78.7 cm³/mol. The molecule has 20 heavy (non-hydrogen) atoms. The molecule has 0 aliphatic carbocycles. The fourth-order valence-electron chi connectivity index (χ4n) is 1.72. The molecule has 0 saturated heterocycles. The highest BCUT2D eigenvalue weighted by atomic mass is 79.9. The van der Waals surface area contributed by atoms with Crippen LogP contribution < -0.4 is 5.32 Å². The Labute approximate surface area is 124 Å². The van der Waals surface area contributed by atoms with Crippen molar-refractivity contribution in [2.45, 2.75) is 6.10 Å². The number of aliphatic hydroxyl groups is 1. The zero-order valence-corrected chi connectivity index (χ0v) is 12.1. The zero-order chi connectivity index (χ0) is 14.5. The minimum absolute atomic E-state index is 0.257. The summed E-state index contributed by atoms with van der Waals surface area (Å²) in [4.78, 5) is 0. The molecule has 0 heterocycles. The summed E-state index contributed by atoms with van der Waals surface area (Å²) >= 11 is 3.08. The van der Waals surface area contributed by atoms with Gasteiger partial charge >= 0.3 is 0 Å². The minimum Gasteiger partial charge on any atom is -0.387 e. The first-order chi connectivity index (χ1) is 9.60. The average molecular weight is 335 g/mol. The van der Waals surface area contributed by atoms with E-state index in [-0.39, 0.29) is 12.4 Å². The lowest BCUT2D eigenvalue weighted by Crippen LogP contribution is -2.12. The van der Waals surface area contributed by atoms with Gasteiger partial charge in [0.05, 0.1) is 22.2 Å². The third-order valence-electron chi connectivity index (χ3n) is 2.84. The number of anilines is 1. The lowest BCUT2D eigenvalue weighted by Gasteiger charge is -2.13. The van der Waals surface area contributed by atoms with E-state index in [9.17, 15) is 9.50 Å². The van der Waals surface area contributed by atoms with Crippen LogP contribution in [0.4, 0.5) is 10.1 Å². The topological polar surface area (TPSA) is 56.0 Å². The third-order valence-corrected chi connectivity index (χ3v) is 3.49. The average Bonchev–Trinajstić information content (AvgIpc) is 2.48. The van der Waals surface area contributed by atoms with E-state index in [0.29, 0.717) is 21.3 Å². The molecule has 1 atom stereocenters. The molecule has 2 rings (SSSR count). The fourth-order valence-corrected chi connectivity index (χ4v) is 1.96. The van der Waals surface area contributed by atoms with Crippen LogP contribution in [0.3, 0.4) is 0 Å². The molecular weight excluding hydrogens is 323 g/mol. The monoisotopic (exact) mass is 334 g/mol. The third kappa shape index (κ3) is 3.56. The van der Waals surface area contributed by atoms with Crippen molar-refractivity contribution in [1.29, 1.82) is 5.26 Å². The highest BCUT2D eigenvalue weighted by molar-refractivity contribution is 9.10. The summed E-state index contributed by atoms with van der Waals surface area (Å²) in [5, 5.41) is 21.7. The predicted octanol–water partition coefficient (Wildman–Crippen LogP) is 3.61. The largest absolute Gasteiger partial charge is 0.387 e. The van der Waals surface area contributed by atoms with E-state index in [1.54, 1.807) is 36.4 Å². The Kier molecular flexibility index (Phi) is 4.72.